The standard InChI is InChI=1S/C18H29N3O3S/c1-14(2)13-19-18(22)15(3)21-11-9-16(10-12-21)20-25(23,24)17-7-5-4-6-8-17/h4-8,14-16,20H,9-13H2,1-3H3,(H,19,22)/t15-/m1/s1. The summed E-state index contributed by atoms with van der Waals surface area (Å²) in [6.07, 6.45) is 1.40. The third kappa shape index (κ3) is 5.80. The number of sulfonamides is 1. The molecule has 25 heavy (non-hydrogen) atoms. The number of carbonyl (C=O) groups is 1. The number of nitrogens with one attached hydrogen (secondary N) is 2. The van der Waals surface area contributed by atoms with Crippen molar-refractivity contribution >= 4 is 15.9 Å². The van der Waals surface area contributed by atoms with Gasteiger partial charge in [-0.1, -0.05) is 32.0 Å². The molecule has 0 radical (unpaired) electrons. The smallest absolute Gasteiger partial charge is 0.240 e. The predicted molar refractivity (Wildman–Crippen MR) is 98.7 cm³/mol. The number of piperidine rings is 1. The highest BCUT2D eigenvalue weighted by molar-refractivity contribution is 7.89. The van der Waals surface area contributed by atoms with Crippen LogP contribution in [0.4, 0.5) is 0 Å². The van der Waals surface area contributed by atoms with Crippen molar-refractivity contribution in [2.24, 2.45) is 5.92 Å². The maximum absolute atomic E-state index is 12.4. The van der Waals surface area contributed by atoms with Crippen LogP contribution in [0.25, 0.3) is 0 Å². The summed E-state index contributed by atoms with van der Waals surface area (Å²) in [7, 11) is -3.48. The fraction of sp³-hybridized carbons (Fsp3) is 0.611. The zero-order valence-electron chi connectivity index (χ0n) is 15.2. The highest BCUT2D eigenvalue weighted by Gasteiger charge is 2.28. The molecule has 1 fully saturated rings. The Morgan fingerprint density at radius 3 is 2.32 bits per heavy atom. The third-order valence-corrected chi connectivity index (χ3v) is 6.05. The molecule has 1 heterocycles. The molecule has 0 saturated carbocycles. The Morgan fingerprint density at radius 2 is 1.76 bits per heavy atom. The maximum Gasteiger partial charge on any atom is 0.240 e. The van der Waals surface area contributed by atoms with E-state index >= 15 is 0 Å². The predicted octanol–water partition coefficient (Wildman–Crippen LogP) is 1.59. The Bertz CT molecular complexity index is 653. The van der Waals surface area contributed by atoms with E-state index in [2.05, 4.69) is 28.8 Å². The average molecular weight is 368 g/mol. The number of nitrogens with zero attached hydrogens (tertiary/aromatic N) is 1. The molecule has 0 aromatic heterocycles. The molecule has 1 amide bonds. The fourth-order valence-electron chi connectivity index (χ4n) is 2.91. The zero-order chi connectivity index (χ0) is 18.4. The molecular weight excluding hydrogens is 338 g/mol. The molecular formula is C18H29N3O3S. The highest BCUT2D eigenvalue weighted by Crippen LogP contribution is 2.16. The summed E-state index contributed by atoms with van der Waals surface area (Å²) in [5, 5.41) is 2.96. The quantitative estimate of drug-likeness (QED) is 0.767. The molecule has 6 nitrogen and oxygen atoms in total. The lowest BCUT2D eigenvalue weighted by molar-refractivity contribution is -0.126. The van der Waals surface area contributed by atoms with Gasteiger partial charge in [0.15, 0.2) is 0 Å². The molecule has 1 aromatic rings. The van der Waals surface area contributed by atoms with Gasteiger partial charge in [-0.2, -0.15) is 0 Å². The van der Waals surface area contributed by atoms with Gasteiger partial charge in [-0.15, -0.1) is 0 Å². The van der Waals surface area contributed by atoms with E-state index < -0.39 is 10.0 Å². The lowest BCUT2D eigenvalue weighted by atomic mass is 10.0. The fourth-order valence-corrected chi connectivity index (χ4v) is 4.24. The first-order valence-corrected chi connectivity index (χ1v) is 10.4. The van der Waals surface area contributed by atoms with Gasteiger partial charge >= 0.3 is 0 Å². The van der Waals surface area contributed by atoms with Gasteiger partial charge in [-0.3, -0.25) is 9.69 Å². The van der Waals surface area contributed by atoms with Crippen molar-refractivity contribution in [3.8, 4) is 0 Å². The Labute approximate surface area is 151 Å². The van der Waals surface area contributed by atoms with Crippen molar-refractivity contribution < 1.29 is 13.2 Å². The molecule has 0 aliphatic carbocycles. The Balaban J connectivity index is 1.84. The van der Waals surface area contributed by atoms with Crippen LogP contribution in [0.3, 0.4) is 0 Å². The van der Waals surface area contributed by atoms with Gasteiger partial charge in [-0.05, 0) is 37.8 Å². The van der Waals surface area contributed by atoms with Crippen molar-refractivity contribution in [3.05, 3.63) is 30.3 Å². The van der Waals surface area contributed by atoms with Gasteiger partial charge in [-0.25, -0.2) is 13.1 Å². The van der Waals surface area contributed by atoms with Crippen molar-refractivity contribution in [1.29, 1.82) is 0 Å². The Kier molecular flexibility index (Phi) is 6.98. The van der Waals surface area contributed by atoms with Gasteiger partial charge in [0.1, 0.15) is 0 Å². The monoisotopic (exact) mass is 367 g/mol. The van der Waals surface area contributed by atoms with Crippen molar-refractivity contribution in [2.75, 3.05) is 19.6 Å². The van der Waals surface area contributed by atoms with Gasteiger partial charge in [0.2, 0.25) is 15.9 Å². The van der Waals surface area contributed by atoms with Crippen LogP contribution < -0.4 is 10.0 Å². The molecule has 140 valence electrons. The number of hydrogen-bond acceptors (Lipinski definition) is 4. The Hall–Kier alpha value is -1.44. The molecule has 2 rings (SSSR count). The van der Waals surface area contributed by atoms with Gasteiger partial charge in [0.05, 0.1) is 10.9 Å². The van der Waals surface area contributed by atoms with Crippen LogP contribution >= 0.6 is 0 Å². The molecule has 0 bridgehead atoms. The van der Waals surface area contributed by atoms with Crippen LogP contribution in [0.2, 0.25) is 0 Å². The number of hydrogen-bond donors (Lipinski definition) is 2. The minimum atomic E-state index is -3.48. The van der Waals surface area contributed by atoms with Crippen molar-refractivity contribution in [3.63, 3.8) is 0 Å². The van der Waals surface area contributed by atoms with Crippen LogP contribution in [-0.2, 0) is 14.8 Å². The van der Waals surface area contributed by atoms with Crippen molar-refractivity contribution in [1.82, 2.24) is 14.9 Å². The number of amides is 1. The second-order valence-electron chi connectivity index (χ2n) is 7.06. The van der Waals surface area contributed by atoms with Crippen LogP contribution in [0.5, 0.6) is 0 Å². The van der Waals surface area contributed by atoms with Gasteiger partial charge in [0.25, 0.3) is 0 Å². The number of rotatable bonds is 7. The molecule has 2 N–H and O–H groups in total. The number of likely N-dealkylation sites (tertiary alicyclic amines) is 1. The van der Waals surface area contributed by atoms with E-state index in [9.17, 15) is 13.2 Å². The summed E-state index contributed by atoms with van der Waals surface area (Å²) in [5.74, 6) is 0.464. The van der Waals surface area contributed by atoms with E-state index in [-0.39, 0.29) is 18.0 Å². The van der Waals surface area contributed by atoms with Gasteiger partial charge in [0, 0.05) is 25.7 Å². The second kappa shape index (κ2) is 8.78. The maximum atomic E-state index is 12.4. The van der Waals surface area contributed by atoms with E-state index in [1.807, 2.05) is 6.92 Å². The molecule has 1 atom stereocenters. The lowest BCUT2D eigenvalue weighted by Gasteiger charge is -2.35. The minimum absolute atomic E-state index is 0.0389. The van der Waals surface area contributed by atoms with E-state index in [1.165, 1.54) is 0 Å². The summed E-state index contributed by atoms with van der Waals surface area (Å²) in [6, 6.07) is 8.14. The second-order valence-corrected chi connectivity index (χ2v) is 8.77. The number of carbonyl (C=O) groups excluding carboxylic acids is 1. The molecule has 1 aliphatic heterocycles. The Morgan fingerprint density at radius 1 is 1.16 bits per heavy atom. The summed E-state index contributed by atoms with van der Waals surface area (Å²) >= 11 is 0. The van der Waals surface area contributed by atoms with Crippen LogP contribution in [-0.4, -0.2) is 50.9 Å². The molecule has 7 heteroatoms. The first-order chi connectivity index (χ1) is 11.8. The largest absolute Gasteiger partial charge is 0.354 e. The summed E-state index contributed by atoms with van der Waals surface area (Å²) in [5.41, 5.74) is 0. The molecule has 1 aromatic carbocycles. The lowest BCUT2D eigenvalue weighted by Crippen LogP contribution is -2.52. The summed E-state index contributed by atoms with van der Waals surface area (Å²) in [4.78, 5) is 14.6. The molecule has 1 saturated heterocycles. The van der Waals surface area contributed by atoms with Crippen LogP contribution in [0.15, 0.2) is 35.2 Å². The van der Waals surface area contributed by atoms with E-state index in [4.69, 9.17) is 0 Å². The third-order valence-electron chi connectivity index (χ3n) is 4.52. The topological polar surface area (TPSA) is 78.5 Å². The first kappa shape index (κ1) is 19.9. The van der Waals surface area contributed by atoms with Gasteiger partial charge < -0.3 is 5.32 Å². The SMILES string of the molecule is CC(C)CNC(=O)[C@@H](C)N1CCC(NS(=O)(=O)c2ccccc2)CC1. The van der Waals surface area contributed by atoms with Crippen molar-refractivity contribution in [2.45, 2.75) is 50.6 Å². The molecule has 0 unspecified atom stereocenters. The molecule has 1 aliphatic rings. The highest BCUT2D eigenvalue weighted by atomic mass is 32.2. The van der Waals surface area contributed by atoms with Crippen LogP contribution in [0.1, 0.15) is 33.6 Å². The zero-order valence-corrected chi connectivity index (χ0v) is 16.1. The minimum Gasteiger partial charge on any atom is -0.354 e. The van der Waals surface area contributed by atoms with E-state index in [1.54, 1.807) is 30.3 Å². The summed E-state index contributed by atoms with van der Waals surface area (Å²) < 4.78 is 27.6. The first-order valence-electron chi connectivity index (χ1n) is 8.88. The number of benzene rings is 1. The molecule has 0 spiro atoms. The summed E-state index contributed by atoms with van der Waals surface area (Å²) in [6.45, 7) is 8.13. The normalized spacial score (nSPS) is 18.2. The van der Waals surface area contributed by atoms with Crippen LogP contribution in [0, 0.1) is 5.92 Å². The van der Waals surface area contributed by atoms with E-state index in [0.717, 1.165) is 0 Å². The van der Waals surface area contributed by atoms with E-state index in [0.29, 0.717) is 43.3 Å². The average Bonchev–Trinajstić information content (AvgIpc) is 2.60.